The first-order valence-electron chi connectivity index (χ1n) is 9.35. The number of nitrogens with zero attached hydrogens (tertiary/aromatic N) is 1. The molecule has 0 saturated heterocycles. The van der Waals surface area contributed by atoms with Crippen molar-refractivity contribution in [1.29, 1.82) is 0 Å². The van der Waals surface area contributed by atoms with Gasteiger partial charge in [-0.3, -0.25) is 0 Å². The van der Waals surface area contributed by atoms with Gasteiger partial charge in [-0.15, -0.1) is 0 Å². The zero-order valence-corrected chi connectivity index (χ0v) is 18.9. The van der Waals surface area contributed by atoms with Crippen molar-refractivity contribution in [2.24, 2.45) is 5.92 Å². The Morgan fingerprint density at radius 3 is 2.75 bits per heavy atom. The summed E-state index contributed by atoms with van der Waals surface area (Å²) < 4.78 is 1.11. The fraction of sp³-hybridized carbons (Fsp3) is 0.261. The Labute approximate surface area is 184 Å². The molecule has 144 valence electrons. The highest BCUT2D eigenvalue weighted by Crippen LogP contribution is 2.41. The molecule has 0 radical (unpaired) electrons. The number of fused-ring (bicyclic) bond motifs is 1. The smallest absolute Gasteiger partial charge is 0.139 e. The van der Waals surface area contributed by atoms with E-state index in [-0.39, 0.29) is 5.41 Å². The number of rotatable bonds is 4. The molecule has 0 bridgehead atoms. The Morgan fingerprint density at radius 1 is 1.18 bits per heavy atom. The van der Waals surface area contributed by atoms with E-state index in [2.05, 4.69) is 70.1 Å². The average molecular weight is 476 g/mol. The standard InChI is InChI=1S/C23H21BrCl2N2/c1-14(2)11-23(8-7-15-9-17(24)4-3-16(15)12-23)21-13-27-22(28-21)19-6-5-18(25)10-20(19)26/h3-10,13-14H,11-12H2,1-2H3,(H,27,28). The molecular weight excluding hydrogens is 455 g/mol. The zero-order chi connectivity index (χ0) is 19.9. The van der Waals surface area contributed by atoms with Crippen molar-refractivity contribution < 1.29 is 0 Å². The van der Waals surface area contributed by atoms with Gasteiger partial charge in [-0.25, -0.2) is 4.98 Å². The highest BCUT2D eigenvalue weighted by atomic mass is 79.9. The predicted molar refractivity (Wildman–Crippen MR) is 122 cm³/mol. The molecule has 0 fully saturated rings. The van der Waals surface area contributed by atoms with E-state index in [0.717, 1.165) is 34.4 Å². The minimum atomic E-state index is -0.112. The van der Waals surface area contributed by atoms with Crippen molar-refractivity contribution in [3.63, 3.8) is 0 Å². The molecule has 1 aliphatic rings. The lowest BCUT2D eigenvalue weighted by molar-refractivity contribution is 0.398. The number of imidazole rings is 1. The lowest BCUT2D eigenvalue weighted by atomic mass is 9.69. The second-order valence-corrected chi connectivity index (χ2v) is 9.64. The lowest BCUT2D eigenvalue weighted by Gasteiger charge is -2.35. The molecule has 1 N–H and O–H groups in total. The summed E-state index contributed by atoms with van der Waals surface area (Å²) in [6.07, 6.45) is 8.51. The minimum Gasteiger partial charge on any atom is -0.341 e. The largest absolute Gasteiger partial charge is 0.341 e. The van der Waals surface area contributed by atoms with E-state index >= 15 is 0 Å². The summed E-state index contributed by atoms with van der Waals surface area (Å²) in [5.41, 5.74) is 4.49. The van der Waals surface area contributed by atoms with E-state index in [1.165, 1.54) is 11.1 Å². The summed E-state index contributed by atoms with van der Waals surface area (Å²) in [4.78, 5) is 8.20. The van der Waals surface area contributed by atoms with E-state index in [1.807, 2.05) is 18.3 Å². The van der Waals surface area contributed by atoms with Gasteiger partial charge in [0, 0.05) is 32.4 Å². The maximum Gasteiger partial charge on any atom is 0.139 e. The molecule has 1 atom stereocenters. The lowest BCUT2D eigenvalue weighted by Crippen LogP contribution is -2.31. The van der Waals surface area contributed by atoms with E-state index in [0.29, 0.717) is 16.0 Å². The number of hydrogen-bond donors (Lipinski definition) is 1. The number of aromatic nitrogens is 2. The number of nitrogens with one attached hydrogen (secondary N) is 1. The minimum absolute atomic E-state index is 0.112. The SMILES string of the molecule is CC(C)CC1(c2cnc(-c3ccc(Cl)cc3Cl)[nH]2)C=Cc2cc(Br)ccc2C1. The number of benzene rings is 2. The van der Waals surface area contributed by atoms with Gasteiger partial charge in [0.25, 0.3) is 0 Å². The fourth-order valence-electron chi connectivity index (χ4n) is 4.09. The van der Waals surface area contributed by atoms with Crippen LogP contribution < -0.4 is 0 Å². The third kappa shape index (κ3) is 3.80. The molecule has 0 amide bonds. The van der Waals surface area contributed by atoms with Crippen LogP contribution in [-0.4, -0.2) is 9.97 Å². The summed E-state index contributed by atoms with van der Waals surface area (Å²) in [5, 5.41) is 1.22. The normalized spacial score (nSPS) is 18.5. The number of hydrogen-bond acceptors (Lipinski definition) is 1. The van der Waals surface area contributed by atoms with Gasteiger partial charge in [-0.1, -0.05) is 71.2 Å². The van der Waals surface area contributed by atoms with Gasteiger partial charge < -0.3 is 4.98 Å². The quantitative estimate of drug-likeness (QED) is 0.411. The van der Waals surface area contributed by atoms with Crippen molar-refractivity contribution in [3.05, 3.63) is 80.0 Å². The van der Waals surface area contributed by atoms with Gasteiger partial charge in [0.2, 0.25) is 0 Å². The molecule has 2 aromatic carbocycles. The maximum atomic E-state index is 6.40. The van der Waals surface area contributed by atoms with Crippen LogP contribution in [0, 0.1) is 5.92 Å². The Morgan fingerprint density at radius 2 is 2.00 bits per heavy atom. The highest BCUT2D eigenvalue weighted by molar-refractivity contribution is 9.10. The van der Waals surface area contributed by atoms with Crippen molar-refractivity contribution in [2.45, 2.75) is 32.1 Å². The third-order valence-electron chi connectivity index (χ3n) is 5.27. The predicted octanol–water partition coefficient (Wildman–Crippen LogP) is 7.70. The number of halogens is 3. The zero-order valence-electron chi connectivity index (χ0n) is 15.8. The number of allylic oxidation sites excluding steroid dienone is 1. The molecule has 1 aliphatic carbocycles. The molecule has 28 heavy (non-hydrogen) atoms. The Balaban J connectivity index is 1.76. The summed E-state index contributed by atoms with van der Waals surface area (Å²) in [6, 6.07) is 12.0. The molecule has 5 heteroatoms. The first-order chi connectivity index (χ1) is 13.4. The van der Waals surface area contributed by atoms with Crippen LogP contribution >= 0.6 is 39.1 Å². The van der Waals surface area contributed by atoms with Crippen LogP contribution in [-0.2, 0) is 11.8 Å². The highest BCUT2D eigenvalue weighted by Gasteiger charge is 2.35. The third-order valence-corrected chi connectivity index (χ3v) is 6.31. The number of H-pyrrole nitrogens is 1. The van der Waals surface area contributed by atoms with Crippen LogP contribution in [0.4, 0.5) is 0 Å². The average Bonchev–Trinajstić information content (AvgIpc) is 3.12. The summed E-state index contributed by atoms with van der Waals surface area (Å²) >= 11 is 16.0. The number of aromatic amines is 1. The fourth-order valence-corrected chi connectivity index (χ4v) is 4.96. The molecule has 1 aromatic heterocycles. The molecule has 2 nitrogen and oxygen atoms in total. The topological polar surface area (TPSA) is 28.7 Å². The molecular formula is C23H21BrCl2N2. The second-order valence-electron chi connectivity index (χ2n) is 7.88. The van der Waals surface area contributed by atoms with E-state index in [1.54, 1.807) is 6.07 Å². The van der Waals surface area contributed by atoms with Crippen molar-refractivity contribution >= 4 is 45.2 Å². The molecule has 4 rings (SSSR count). The van der Waals surface area contributed by atoms with Gasteiger partial charge in [0.05, 0.1) is 5.02 Å². The first kappa shape index (κ1) is 19.8. The van der Waals surface area contributed by atoms with E-state index in [9.17, 15) is 0 Å². The van der Waals surface area contributed by atoms with Crippen LogP contribution in [0.5, 0.6) is 0 Å². The Kier molecular flexibility index (Phi) is 5.43. The van der Waals surface area contributed by atoms with Gasteiger partial charge in [0.1, 0.15) is 5.82 Å². The summed E-state index contributed by atoms with van der Waals surface area (Å²) in [5.74, 6) is 1.32. The van der Waals surface area contributed by atoms with Gasteiger partial charge in [-0.2, -0.15) is 0 Å². The second kappa shape index (κ2) is 7.70. The van der Waals surface area contributed by atoms with Crippen molar-refractivity contribution in [3.8, 4) is 11.4 Å². The van der Waals surface area contributed by atoms with Gasteiger partial charge in [0.15, 0.2) is 0 Å². The first-order valence-corrected chi connectivity index (χ1v) is 10.9. The summed E-state index contributed by atoms with van der Waals surface area (Å²) in [7, 11) is 0. The molecule has 3 aromatic rings. The van der Waals surface area contributed by atoms with Crippen LogP contribution in [0.25, 0.3) is 17.5 Å². The van der Waals surface area contributed by atoms with Crippen LogP contribution in [0.15, 0.2) is 53.1 Å². The van der Waals surface area contributed by atoms with Crippen molar-refractivity contribution in [2.75, 3.05) is 0 Å². The molecule has 1 unspecified atom stereocenters. The van der Waals surface area contributed by atoms with Gasteiger partial charge in [-0.05, 0) is 60.2 Å². The molecule has 1 heterocycles. The maximum absolute atomic E-state index is 6.40. The van der Waals surface area contributed by atoms with E-state index in [4.69, 9.17) is 23.2 Å². The van der Waals surface area contributed by atoms with Crippen LogP contribution in [0.3, 0.4) is 0 Å². The summed E-state index contributed by atoms with van der Waals surface area (Å²) in [6.45, 7) is 4.53. The van der Waals surface area contributed by atoms with Gasteiger partial charge >= 0.3 is 0 Å². The monoisotopic (exact) mass is 474 g/mol. The van der Waals surface area contributed by atoms with Crippen LogP contribution in [0.2, 0.25) is 10.0 Å². The molecule has 0 aliphatic heterocycles. The van der Waals surface area contributed by atoms with E-state index < -0.39 is 0 Å². The van der Waals surface area contributed by atoms with Crippen molar-refractivity contribution in [1.82, 2.24) is 9.97 Å². The molecule has 0 spiro atoms. The molecule has 0 saturated carbocycles. The Hall–Kier alpha value is -1.55. The van der Waals surface area contributed by atoms with Crippen LogP contribution in [0.1, 0.15) is 37.1 Å². The Bertz CT molecular complexity index is 1050.